The number of hydrogen-bond donors (Lipinski definition) is 1. The van der Waals surface area contributed by atoms with Gasteiger partial charge in [-0.2, -0.15) is 0 Å². The fourth-order valence-electron chi connectivity index (χ4n) is 0.672. The lowest BCUT2D eigenvalue weighted by Gasteiger charge is -2.03. The molecule has 0 heterocycles. The molecule has 1 heteroatoms. The van der Waals surface area contributed by atoms with Crippen molar-refractivity contribution >= 4 is 0 Å². The summed E-state index contributed by atoms with van der Waals surface area (Å²) < 4.78 is 0. The Morgan fingerprint density at radius 1 is 1.45 bits per heavy atom. The molecule has 0 aromatic rings. The van der Waals surface area contributed by atoms with E-state index in [1.54, 1.807) is 0 Å². The maximum absolute atomic E-state index is 3.82. The SMILES string of the molecule is C=C(C)C/C=C\CNC(C)C. The highest BCUT2D eigenvalue weighted by Gasteiger charge is 1.85. The predicted octanol–water partition coefficient (Wildman–Crippen LogP) is 2.51. The summed E-state index contributed by atoms with van der Waals surface area (Å²) in [5, 5.41) is 3.30. The van der Waals surface area contributed by atoms with Crippen LogP contribution in [0.1, 0.15) is 27.2 Å². The second-order valence-electron chi connectivity index (χ2n) is 3.20. The number of rotatable bonds is 5. The van der Waals surface area contributed by atoms with Crippen molar-refractivity contribution < 1.29 is 0 Å². The maximum Gasteiger partial charge on any atom is 0.0137 e. The molecule has 0 aliphatic heterocycles. The van der Waals surface area contributed by atoms with E-state index in [0.717, 1.165) is 13.0 Å². The highest BCUT2D eigenvalue weighted by atomic mass is 14.9. The van der Waals surface area contributed by atoms with Crippen LogP contribution in [0.4, 0.5) is 0 Å². The van der Waals surface area contributed by atoms with Crippen molar-refractivity contribution in [3.05, 3.63) is 24.3 Å². The average molecular weight is 153 g/mol. The molecule has 0 unspecified atom stereocenters. The van der Waals surface area contributed by atoms with Crippen molar-refractivity contribution in [3.8, 4) is 0 Å². The van der Waals surface area contributed by atoms with Crippen molar-refractivity contribution in [2.24, 2.45) is 0 Å². The monoisotopic (exact) mass is 153 g/mol. The second kappa shape index (κ2) is 6.17. The van der Waals surface area contributed by atoms with Crippen LogP contribution in [-0.2, 0) is 0 Å². The van der Waals surface area contributed by atoms with Gasteiger partial charge in [-0.05, 0) is 13.3 Å². The molecule has 0 saturated carbocycles. The van der Waals surface area contributed by atoms with Crippen LogP contribution in [-0.4, -0.2) is 12.6 Å². The molecule has 0 atom stereocenters. The third-order valence-corrected chi connectivity index (χ3v) is 1.28. The largest absolute Gasteiger partial charge is 0.311 e. The molecule has 0 fully saturated rings. The summed E-state index contributed by atoms with van der Waals surface area (Å²) in [7, 11) is 0. The first-order valence-corrected chi connectivity index (χ1v) is 4.15. The van der Waals surface area contributed by atoms with E-state index in [4.69, 9.17) is 0 Å². The lowest BCUT2D eigenvalue weighted by molar-refractivity contribution is 0.632. The Labute approximate surface area is 70.2 Å². The summed E-state index contributed by atoms with van der Waals surface area (Å²) in [6.07, 6.45) is 5.30. The Hall–Kier alpha value is -0.560. The average Bonchev–Trinajstić information content (AvgIpc) is 1.85. The van der Waals surface area contributed by atoms with Gasteiger partial charge in [0.2, 0.25) is 0 Å². The summed E-state index contributed by atoms with van der Waals surface area (Å²) in [5.41, 5.74) is 1.21. The van der Waals surface area contributed by atoms with Gasteiger partial charge in [0.15, 0.2) is 0 Å². The van der Waals surface area contributed by atoms with Gasteiger partial charge in [-0.25, -0.2) is 0 Å². The zero-order chi connectivity index (χ0) is 8.69. The van der Waals surface area contributed by atoms with E-state index >= 15 is 0 Å². The zero-order valence-corrected chi connectivity index (χ0v) is 7.85. The molecular formula is C10H19N. The van der Waals surface area contributed by atoms with E-state index in [0.29, 0.717) is 6.04 Å². The summed E-state index contributed by atoms with van der Waals surface area (Å²) in [5.74, 6) is 0. The van der Waals surface area contributed by atoms with Gasteiger partial charge in [-0.15, -0.1) is 0 Å². The molecule has 0 radical (unpaired) electrons. The molecule has 0 aromatic carbocycles. The van der Waals surface area contributed by atoms with Crippen LogP contribution in [0.2, 0.25) is 0 Å². The third kappa shape index (κ3) is 9.44. The minimum Gasteiger partial charge on any atom is -0.311 e. The highest BCUT2D eigenvalue weighted by molar-refractivity contribution is 4.99. The molecular weight excluding hydrogens is 134 g/mol. The normalized spacial score (nSPS) is 11.3. The molecule has 11 heavy (non-hydrogen) atoms. The number of nitrogens with one attached hydrogen (secondary N) is 1. The molecule has 0 aliphatic carbocycles. The lowest BCUT2D eigenvalue weighted by Crippen LogP contribution is -2.22. The maximum atomic E-state index is 3.82. The molecule has 0 rings (SSSR count). The van der Waals surface area contributed by atoms with E-state index in [-0.39, 0.29) is 0 Å². The molecule has 0 saturated heterocycles. The first kappa shape index (κ1) is 10.4. The Bertz CT molecular complexity index is 134. The molecule has 0 spiro atoms. The summed E-state index contributed by atoms with van der Waals surface area (Å²) in [4.78, 5) is 0. The van der Waals surface area contributed by atoms with Crippen molar-refractivity contribution in [1.82, 2.24) is 5.32 Å². The number of hydrogen-bond acceptors (Lipinski definition) is 1. The van der Waals surface area contributed by atoms with E-state index < -0.39 is 0 Å². The highest BCUT2D eigenvalue weighted by Crippen LogP contribution is 1.95. The van der Waals surface area contributed by atoms with E-state index in [1.807, 2.05) is 6.92 Å². The van der Waals surface area contributed by atoms with Gasteiger partial charge in [-0.3, -0.25) is 0 Å². The van der Waals surface area contributed by atoms with E-state index in [2.05, 4.69) is 37.9 Å². The third-order valence-electron chi connectivity index (χ3n) is 1.28. The van der Waals surface area contributed by atoms with Crippen LogP contribution < -0.4 is 5.32 Å². The van der Waals surface area contributed by atoms with Crippen LogP contribution in [0.5, 0.6) is 0 Å². The molecule has 0 amide bonds. The molecule has 0 aromatic heterocycles. The molecule has 0 bridgehead atoms. The van der Waals surface area contributed by atoms with Crippen molar-refractivity contribution in [2.75, 3.05) is 6.54 Å². The lowest BCUT2D eigenvalue weighted by atomic mass is 10.2. The van der Waals surface area contributed by atoms with Crippen molar-refractivity contribution in [3.63, 3.8) is 0 Å². The van der Waals surface area contributed by atoms with Gasteiger partial charge in [0, 0.05) is 12.6 Å². The molecule has 1 N–H and O–H groups in total. The van der Waals surface area contributed by atoms with Gasteiger partial charge in [-0.1, -0.05) is 38.2 Å². The van der Waals surface area contributed by atoms with Crippen LogP contribution in [0.15, 0.2) is 24.3 Å². The standard InChI is InChI=1S/C10H19N/c1-9(2)7-5-6-8-11-10(3)4/h5-6,10-11H,1,7-8H2,2-4H3/b6-5-. The molecule has 1 nitrogen and oxygen atoms in total. The summed E-state index contributed by atoms with van der Waals surface area (Å²) in [6.45, 7) is 11.1. The van der Waals surface area contributed by atoms with Gasteiger partial charge < -0.3 is 5.32 Å². The fourth-order valence-corrected chi connectivity index (χ4v) is 0.672. The Balaban J connectivity index is 3.23. The Kier molecular flexibility index (Phi) is 5.86. The first-order chi connectivity index (χ1) is 5.13. The minimum atomic E-state index is 0.574. The van der Waals surface area contributed by atoms with Crippen LogP contribution in [0, 0.1) is 0 Å². The zero-order valence-electron chi connectivity index (χ0n) is 7.85. The van der Waals surface area contributed by atoms with Crippen molar-refractivity contribution in [1.29, 1.82) is 0 Å². The first-order valence-electron chi connectivity index (χ1n) is 4.15. The van der Waals surface area contributed by atoms with E-state index in [1.165, 1.54) is 5.57 Å². The van der Waals surface area contributed by atoms with Crippen molar-refractivity contribution in [2.45, 2.75) is 33.2 Å². The topological polar surface area (TPSA) is 12.0 Å². The van der Waals surface area contributed by atoms with Gasteiger partial charge in [0.05, 0.1) is 0 Å². The van der Waals surface area contributed by atoms with Crippen LogP contribution in [0.3, 0.4) is 0 Å². The predicted molar refractivity (Wildman–Crippen MR) is 51.7 cm³/mol. The Morgan fingerprint density at radius 2 is 2.09 bits per heavy atom. The van der Waals surface area contributed by atoms with Gasteiger partial charge >= 0.3 is 0 Å². The van der Waals surface area contributed by atoms with Crippen LogP contribution in [0.25, 0.3) is 0 Å². The van der Waals surface area contributed by atoms with Crippen LogP contribution >= 0.6 is 0 Å². The van der Waals surface area contributed by atoms with Gasteiger partial charge in [0.25, 0.3) is 0 Å². The quantitative estimate of drug-likeness (QED) is 0.598. The van der Waals surface area contributed by atoms with Gasteiger partial charge in [0.1, 0.15) is 0 Å². The summed E-state index contributed by atoms with van der Waals surface area (Å²) >= 11 is 0. The fraction of sp³-hybridized carbons (Fsp3) is 0.600. The Morgan fingerprint density at radius 3 is 2.55 bits per heavy atom. The minimum absolute atomic E-state index is 0.574. The van der Waals surface area contributed by atoms with E-state index in [9.17, 15) is 0 Å². The molecule has 64 valence electrons. The number of allylic oxidation sites excluding steroid dienone is 2. The smallest absolute Gasteiger partial charge is 0.0137 e. The second-order valence-corrected chi connectivity index (χ2v) is 3.20. The molecule has 0 aliphatic rings. The summed E-state index contributed by atoms with van der Waals surface area (Å²) in [6, 6.07) is 0.574.